The van der Waals surface area contributed by atoms with Gasteiger partial charge in [0.2, 0.25) is 0 Å². The Morgan fingerprint density at radius 1 is 1.06 bits per heavy atom. The van der Waals surface area contributed by atoms with Crippen molar-refractivity contribution in [3.63, 3.8) is 0 Å². The van der Waals surface area contributed by atoms with E-state index in [1.54, 1.807) is 12.4 Å². The predicted molar refractivity (Wildman–Crippen MR) is 65.7 cm³/mol. The lowest BCUT2D eigenvalue weighted by molar-refractivity contribution is 0.949. The zero-order valence-electron chi connectivity index (χ0n) is 9.43. The summed E-state index contributed by atoms with van der Waals surface area (Å²) in [7, 11) is 0. The summed E-state index contributed by atoms with van der Waals surface area (Å²) in [5.41, 5.74) is 3.24. The van der Waals surface area contributed by atoms with Crippen molar-refractivity contribution in [2.75, 3.05) is 18.0 Å². The van der Waals surface area contributed by atoms with Crippen LogP contribution >= 0.6 is 0 Å². The number of rotatable bonds is 1. The quantitative estimate of drug-likeness (QED) is 0.744. The zero-order chi connectivity index (χ0) is 11.7. The molecule has 0 radical (unpaired) electrons. The topological polar surface area (TPSA) is 52.8 Å². The molecule has 0 atom stereocenters. The van der Waals surface area contributed by atoms with Gasteiger partial charge in [-0.2, -0.15) is 5.26 Å². The normalized spacial score (nSPS) is 15.1. The largest absolute Gasteiger partial charge is 0.370 e. The van der Waals surface area contributed by atoms with Crippen LogP contribution in [0, 0.1) is 11.3 Å². The first-order chi connectivity index (χ1) is 8.40. The molecular weight excluding hydrogens is 212 g/mol. The van der Waals surface area contributed by atoms with Gasteiger partial charge in [-0.1, -0.05) is 0 Å². The minimum Gasteiger partial charge on any atom is -0.370 e. The van der Waals surface area contributed by atoms with E-state index < -0.39 is 0 Å². The number of nitrogens with zero attached hydrogens (tertiary/aromatic N) is 4. The molecule has 1 aliphatic heterocycles. The smallest absolute Gasteiger partial charge is 0.113 e. The summed E-state index contributed by atoms with van der Waals surface area (Å²) >= 11 is 0. The van der Waals surface area contributed by atoms with Crippen LogP contribution in [0.1, 0.15) is 18.4 Å². The molecule has 1 aromatic carbocycles. The number of hydrogen-bond acceptors (Lipinski definition) is 4. The number of fused-ring (bicyclic) bond motifs is 1. The molecule has 4 heteroatoms. The first-order valence-corrected chi connectivity index (χ1v) is 5.79. The lowest BCUT2D eigenvalue weighted by atomic mass is 10.1. The molecule has 0 bridgehead atoms. The summed E-state index contributed by atoms with van der Waals surface area (Å²) in [4.78, 5) is 11.0. The SMILES string of the molecule is N#Cc1ccc(N2CCCC2)c2nccnc12. The average Bonchev–Trinajstić information content (AvgIpc) is 2.91. The molecule has 0 aliphatic carbocycles. The van der Waals surface area contributed by atoms with Crippen molar-refractivity contribution in [3.8, 4) is 6.07 Å². The average molecular weight is 224 g/mol. The Labute approximate surface area is 99.5 Å². The van der Waals surface area contributed by atoms with Gasteiger partial charge in [0.15, 0.2) is 0 Å². The van der Waals surface area contributed by atoms with Crippen molar-refractivity contribution in [2.24, 2.45) is 0 Å². The lowest BCUT2D eigenvalue weighted by Crippen LogP contribution is -2.18. The summed E-state index contributed by atoms with van der Waals surface area (Å²) in [6.07, 6.45) is 5.77. The van der Waals surface area contributed by atoms with Gasteiger partial charge in [-0.25, -0.2) is 0 Å². The van der Waals surface area contributed by atoms with Crippen LogP contribution in [0.5, 0.6) is 0 Å². The van der Waals surface area contributed by atoms with E-state index in [0.29, 0.717) is 11.1 Å². The number of aromatic nitrogens is 2. The Bertz CT molecular complexity index is 594. The number of hydrogen-bond donors (Lipinski definition) is 0. The predicted octanol–water partition coefficient (Wildman–Crippen LogP) is 2.10. The Hall–Kier alpha value is -2.15. The maximum Gasteiger partial charge on any atom is 0.113 e. The van der Waals surface area contributed by atoms with Gasteiger partial charge < -0.3 is 4.90 Å². The van der Waals surface area contributed by atoms with Gasteiger partial charge in [0.05, 0.1) is 11.3 Å². The molecule has 0 saturated carbocycles. The van der Waals surface area contributed by atoms with Gasteiger partial charge >= 0.3 is 0 Å². The number of nitriles is 1. The van der Waals surface area contributed by atoms with E-state index in [0.717, 1.165) is 24.3 Å². The van der Waals surface area contributed by atoms with Gasteiger partial charge in [0, 0.05) is 25.5 Å². The van der Waals surface area contributed by atoms with Crippen LogP contribution in [0.2, 0.25) is 0 Å². The van der Waals surface area contributed by atoms with Crippen molar-refractivity contribution in [3.05, 3.63) is 30.1 Å². The van der Waals surface area contributed by atoms with Crippen LogP contribution < -0.4 is 4.90 Å². The standard InChI is InChI=1S/C13H12N4/c14-9-10-3-4-11(17-7-1-2-8-17)13-12(10)15-5-6-16-13/h3-6H,1-2,7-8H2. The van der Waals surface area contributed by atoms with E-state index in [1.807, 2.05) is 12.1 Å². The van der Waals surface area contributed by atoms with Gasteiger partial charge in [-0.15, -0.1) is 0 Å². The molecule has 0 spiro atoms. The van der Waals surface area contributed by atoms with Gasteiger partial charge in [0.25, 0.3) is 0 Å². The molecule has 1 aliphatic rings. The highest BCUT2D eigenvalue weighted by Gasteiger charge is 2.17. The van der Waals surface area contributed by atoms with E-state index in [1.165, 1.54) is 12.8 Å². The van der Waals surface area contributed by atoms with E-state index in [-0.39, 0.29) is 0 Å². The molecule has 0 amide bonds. The van der Waals surface area contributed by atoms with Crippen molar-refractivity contribution >= 4 is 16.7 Å². The highest BCUT2D eigenvalue weighted by molar-refractivity contribution is 5.91. The second-order valence-electron chi connectivity index (χ2n) is 4.19. The Morgan fingerprint density at radius 2 is 1.76 bits per heavy atom. The lowest BCUT2D eigenvalue weighted by Gasteiger charge is -2.18. The Balaban J connectivity index is 2.23. The van der Waals surface area contributed by atoms with Crippen LogP contribution in [0.4, 0.5) is 5.69 Å². The van der Waals surface area contributed by atoms with Gasteiger partial charge in [-0.3, -0.25) is 9.97 Å². The maximum atomic E-state index is 9.06. The third-order valence-electron chi connectivity index (χ3n) is 3.17. The van der Waals surface area contributed by atoms with Crippen LogP contribution in [0.15, 0.2) is 24.5 Å². The van der Waals surface area contributed by atoms with E-state index in [2.05, 4.69) is 20.9 Å². The first-order valence-electron chi connectivity index (χ1n) is 5.79. The van der Waals surface area contributed by atoms with E-state index in [9.17, 15) is 0 Å². The minimum absolute atomic E-state index is 0.594. The summed E-state index contributed by atoms with van der Waals surface area (Å²) in [6.45, 7) is 2.13. The molecule has 2 aromatic rings. The van der Waals surface area contributed by atoms with E-state index in [4.69, 9.17) is 5.26 Å². The molecule has 0 N–H and O–H groups in total. The number of anilines is 1. The third-order valence-corrected chi connectivity index (χ3v) is 3.17. The molecule has 17 heavy (non-hydrogen) atoms. The Kier molecular flexibility index (Phi) is 2.37. The van der Waals surface area contributed by atoms with Crippen molar-refractivity contribution < 1.29 is 0 Å². The zero-order valence-corrected chi connectivity index (χ0v) is 9.43. The molecule has 1 saturated heterocycles. The maximum absolute atomic E-state index is 9.06. The summed E-state index contributed by atoms with van der Waals surface area (Å²) in [6, 6.07) is 5.99. The Morgan fingerprint density at radius 3 is 2.47 bits per heavy atom. The van der Waals surface area contributed by atoms with Gasteiger partial charge in [0.1, 0.15) is 17.1 Å². The molecule has 1 fully saturated rings. The highest BCUT2D eigenvalue weighted by Crippen LogP contribution is 2.28. The van der Waals surface area contributed by atoms with Crippen molar-refractivity contribution in [1.29, 1.82) is 5.26 Å². The fourth-order valence-electron chi connectivity index (χ4n) is 2.35. The van der Waals surface area contributed by atoms with Crippen LogP contribution in [-0.4, -0.2) is 23.1 Å². The van der Waals surface area contributed by atoms with Crippen LogP contribution in [0.3, 0.4) is 0 Å². The van der Waals surface area contributed by atoms with Gasteiger partial charge in [-0.05, 0) is 25.0 Å². The molecule has 84 valence electrons. The molecule has 3 rings (SSSR count). The minimum atomic E-state index is 0.594. The van der Waals surface area contributed by atoms with Crippen LogP contribution in [0.25, 0.3) is 11.0 Å². The number of benzene rings is 1. The third kappa shape index (κ3) is 1.60. The fraction of sp³-hybridized carbons (Fsp3) is 0.308. The molecule has 4 nitrogen and oxygen atoms in total. The second-order valence-corrected chi connectivity index (χ2v) is 4.19. The monoisotopic (exact) mass is 224 g/mol. The summed E-state index contributed by atoms with van der Waals surface area (Å²) in [5.74, 6) is 0. The summed E-state index contributed by atoms with van der Waals surface area (Å²) in [5, 5.41) is 9.06. The molecular formula is C13H12N4. The first kappa shape index (κ1) is 10.0. The van der Waals surface area contributed by atoms with Crippen LogP contribution in [-0.2, 0) is 0 Å². The van der Waals surface area contributed by atoms with Crippen molar-refractivity contribution in [2.45, 2.75) is 12.8 Å². The second kappa shape index (κ2) is 4.02. The fourth-order valence-corrected chi connectivity index (χ4v) is 2.35. The molecule has 2 heterocycles. The molecule has 1 aromatic heterocycles. The summed E-state index contributed by atoms with van der Waals surface area (Å²) < 4.78 is 0. The highest BCUT2D eigenvalue weighted by atomic mass is 15.1. The van der Waals surface area contributed by atoms with E-state index >= 15 is 0 Å². The van der Waals surface area contributed by atoms with Crippen molar-refractivity contribution in [1.82, 2.24) is 9.97 Å². The molecule has 0 unspecified atom stereocenters.